The van der Waals surface area contributed by atoms with E-state index >= 15 is 0 Å². The molecular weight excluding hydrogens is 292 g/mol. The van der Waals surface area contributed by atoms with E-state index in [9.17, 15) is 0 Å². The molecule has 2 heterocycles. The first-order valence-corrected chi connectivity index (χ1v) is 7.67. The van der Waals surface area contributed by atoms with Crippen LogP contribution in [-0.2, 0) is 0 Å². The Morgan fingerprint density at radius 3 is 2.74 bits per heavy atom. The van der Waals surface area contributed by atoms with Crippen molar-refractivity contribution in [2.24, 2.45) is 5.92 Å². The lowest BCUT2D eigenvalue weighted by Gasteiger charge is -2.10. The minimum absolute atomic E-state index is 0.259. The molecule has 120 valence electrons. The summed E-state index contributed by atoms with van der Waals surface area (Å²) in [6.45, 7) is 6.06. The highest BCUT2D eigenvalue weighted by Crippen LogP contribution is 2.50. The van der Waals surface area contributed by atoms with Crippen LogP contribution in [0.1, 0.15) is 36.9 Å². The van der Waals surface area contributed by atoms with Crippen molar-refractivity contribution >= 4 is 6.08 Å². The highest BCUT2D eigenvalue weighted by molar-refractivity contribution is 5.66. The van der Waals surface area contributed by atoms with Crippen molar-refractivity contribution in [2.75, 3.05) is 14.2 Å². The van der Waals surface area contributed by atoms with Gasteiger partial charge in [-0.05, 0) is 36.0 Å². The zero-order valence-corrected chi connectivity index (χ0v) is 13.6. The standard InChI is InChI=1S/C17H20N4O2/c1-5-10-7-11(10)12-8-15(21-20-14(12)6-2)13-9-18-17(23-4)19-16(13)22-3/h6,8-11H,2,5,7H2,1,3-4H3/t10-,11-/m0/s1. The van der Waals surface area contributed by atoms with Gasteiger partial charge >= 0.3 is 6.01 Å². The molecule has 0 spiro atoms. The fourth-order valence-electron chi connectivity index (χ4n) is 2.86. The van der Waals surface area contributed by atoms with Crippen molar-refractivity contribution in [3.8, 4) is 23.1 Å². The van der Waals surface area contributed by atoms with Gasteiger partial charge in [-0.15, -0.1) is 5.10 Å². The molecule has 2 atom stereocenters. The van der Waals surface area contributed by atoms with Crippen LogP contribution in [0.4, 0.5) is 0 Å². The first-order valence-electron chi connectivity index (χ1n) is 7.67. The van der Waals surface area contributed by atoms with Crippen molar-refractivity contribution in [2.45, 2.75) is 25.7 Å². The van der Waals surface area contributed by atoms with E-state index in [1.54, 1.807) is 19.4 Å². The predicted octanol–water partition coefficient (Wildman–Crippen LogP) is 3.11. The molecule has 1 aliphatic carbocycles. The van der Waals surface area contributed by atoms with Crippen LogP contribution in [0.25, 0.3) is 17.3 Å². The minimum Gasteiger partial charge on any atom is -0.480 e. The van der Waals surface area contributed by atoms with Gasteiger partial charge in [-0.2, -0.15) is 10.1 Å². The summed E-state index contributed by atoms with van der Waals surface area (Å²) in [6, 6.07) is 2.31. The lowest BCUT2D eigenvalue weighted by Crippen LogP contribution is -2.01. The average molecular weight is 312 g/mol. The highest BCUT2D eigenvalue weighted by Gasteiger charge is 2.38. The van der Waals surface area contributed by atoms with Gasteiger partial charge in [0, 0.05) is 6.20 Å². The summed E-state index contributed by atoms with van der Waals surface area (Å²) in [6.07, 6.45) is 5.78. The number of aromatic nitrogens is 4. The molecule has 1 fully saturated rings. The molecule has 6 nitrogen and oxygen atoms in total. The number of methoxy groups -OCH3 is 2. The first kappa shape index (κ1) is 15.4. The van der Waals surface area contributed by atoms with Gasteiger partial charge in [0.1, 0.15) is 5.69 Å². The monoisotopic (exact) mass is 312 g/mol. The van der Waals surface area contributed by atoms with E-state index in [4.69, 9.17) is 9.47 Å². The quantitative estimate of drug-likeness (QED) is 0.816. The van der Waals surface area contributed by atoms with E-state index in [0.29, 0.717) is 23.1 Å². The van der Waals surface area contributed by atoms with Gasteiger partial charge in [0.15, 0.2) is 0 Å². The van der Waals surface area contributed by atoms with Crippen molar-refractivity contribution in [1.29, 1.82) is 0 Å². The largest absolute Gasteiger partial charge is 0.480 e. The third-order valence-corrected chi connectivity index (χ3v) is 4.28. The van der Waals surface area contributed by atoms with E-state index in [0.717, 1.165) is 11.6 Å². The van der Waals surface area contributed by atoms with E-state index in [2.05, 4.69) is 39.7 Å². The van der Waals surface area contributed by atoms with Crippen molar-refractivity contribution in [3.63, 3.8) is 0 Å². The Bertz CT molecular complexity index is 733. The molecule has 2 aromatic heterocycles. The van der Waals surface area contributed by atoms with Crippen LogP contribution in [0.5, 0.6) is 11.9 Å². The maximum absolute atomic E-state index is 5.34. The molecule has 1 saturated carbocycles. The maximum Gasteiger partial charge on any atom is 0.319 e. The highest BCUT2D eigenvalue weighted by atomic mass is 16.5. The van der Waals surface area contributed by atoms with E-state index in [1.165, 1.54) is 25.5 Å². The lowest BCUT2D eigenvalue weighted by atomic mass is 10.0. The molecule has 0 bridgehead atoms. The summed E-state index contributed by atoms with van der Waals surface area (Å²) in [5, 5.41) is 8.59. The average Bonchev–Trinajstić information content (AvgIpc) is 3.40. The molecule has 1 aliphatic rings. The van der Waals surface area contributed by atoms with Crippen LogP contribution in [0.2, 0.25) is 0 Å². The molecule has 2 aromatic rings. The summed E-state index contributed by atoms with van der Waals surface area (Å²) >= 11 is 0. The van der Waals surface area contributed by atoms with Gasteiger partial charge in [-0.3, -0.25) is 0 Å². The first-order chi connectivity index (χ1) is 11.2. The molecule has 6 heteroatoms. The lowest BCUT2D eigenvalue weighted by molar-refractivity contribution is 0.353. The van der Waals surface area contributed by atoms with Crippen LogP contribution in [0.3, 0.4) is 0 Å². The molecule has 0 unspecified atom stereocenters. The predicted molar refractivity (Wildman–Crippen MR) is 87.4 cm³/mol. The van der Waals surface area contributed by atoms with E-state index < -0.39 is 0 Å². The zero-order chi connectivity index (χ0) is 16.4. The molecule has 0 amide bonds. The summed E-state index contributed by atoms with van der Waals surface area (Å²) < 4.78 is 10.4. The van der Waals surface area contributed by atoms with Crippen LogP contribution in [0, 0.1) is 5.92 Å². The van der Waals surface area contributed by atoms with Gasteiger partial charge in [0.05, 0.1) is 25.5 Å². The Balaban J connectivity index is 2.04. The molecule has 0 aromatic carbocycles. The minimum atomic E-state index is 0.259. The molecule has 0 N–H and O–H groups in total. The molecular formula is C17H20N4O2. The Morgan fingerprint density at radius 1 is 1.30 bits per heavy atom. The van der Waals surface area contributed by atoms with Crippen LogP contribution in [-0.4, -0.2) is 34.4 Å². The number of hydrogen-bond donors (Lipinski definition) is 0. The fraction of sp³-hybridized carbons (Fsp3) is 0.412. The smallest absolute Gasteiger partial charge is 0.319 e. The topological polar surface area (TPSA) is 70.0 Å². The second-order valence-electron chi connectivity index (χ2n) is 5.56. The summed E-state index contributed by atoms with van der Waals surface area (Å²) in [7, 11) is 3.08. The van der Waals surface area contributed by atoms with Crippen LogP contribution >= 0.6 is 0 Å². The number of hydrogen-bond acceptors (Lipinski definition) is 6. The Hall–Kier alpha value is -2.50. The maximum atomic E-state index is 5.34. The fourth-order valence-corrected chi connectivity index (χ4v) is 2.86. The second-order valence-corrected chi connectivity index (χ2v) is 5.56. The van der Waals surface area contributed by atoms with Gasteiger partial charge in [-0.1, -0.05) is 19.9 Å². The second kappa shape index (κ2) is 6.32. The Labute approximate surface area is 135 Å². The third-order valence-electron chi connectivity index (χ3n) is 4.28. The molecule has 3 rings (SSSR count). The summed E-state index contributed by atoms with van der Waals surface area (Å²) in [5.74, 6) is 1.68. The molecule has 23 heavy (non-hydrogen) atoms. The van der Waals surface area contributed by atoms with Crippen molar-refractivity contribution in [1.82, 2.24) is 20.2 Å². The third kappa shape index (κ3) is 2.88. The van der Waals surface area contributed by atoms with Gasteiger partial charge in [-0.25, -0.2) is 4.98 Å². The van der Waals surface area contributed by atoms with E-state index in [-0.39, 0.29) is 6.01 Å². The van der Waals surface area contributed by atoms with Crippen molar-refractivity contribution in [3.05, 3.63) is 30.1 Å². The Kier molecular flexibility index (Phi) is 4.23. The van der Waals surface area contributed by atoms with E-state index in [1.807, 2.05) is 0 Å². The van der Waals surface area contributed by atoms with Gasteiger partial charge in [0.25, 0.3) is 0 Å². The summed E-state index contributed by atoms with van der Waals surface area (Å²) in [5.41, 5.74) is 3.44. The number of rotatable bonds is 6. The normalized spacial score (nSPS) is 19.3. The summed E-state index contributed by atoms with van der Waals surface area (Å²) in [4.78, 5) is 8.35. The Morgan fingerprint density at radius 2 is 2.13 bits per heavy atom. The number of nitrogens with zero attached hydrogens (tertiary/aromatic N) is 4. The number of ether oxygens (including phenoxy) is 2. The molecule has 0 saturated heterocycles. The zero-order valence-electron chi connectivity index (χ0n) is 13.6. The van der Waals surface area contributed by atoms with Crippen LogP contribution in [0.15, 0.2) is 18.8 Å². The molecule has 0 radical (unpaired) electrons. The SMILES string of the molecule is C=Cc1nnc(-c2cnc(OC)nc2OC)cc1[C@H]1C[C@@H]1CC. The van der Waals surface area contributed by atoms with Gasteiger partial charge < -0.3 is 9.47 Å². The van der Waals surface area contributed by atoms with Crippen LogP contribution < -0.4 is 9.47 Å². The van der Waals surface area contributed by atoms with Crippen molar-refractivity contribution < 1.29 is 9.47 Å². The van der Waals surface area contributed by atoms with Gasteiger partial charge in [0.2, 0.25) is 5.88 Å². The molecule has 0 aliphatic heterocycles.